The van der Waals surface area contributed by atoms with Crippen molar-refractivity contribution in [1.82, 2.24) is 10.0 Å². The number of nitrogens with zero attached hydrogens (tertiary/aromatic N) is 2. The smallest absolute Gasteiger partial charge is 0.207 e. The predicted octanol–water partition coefficient (Wildman–Crippen LogP) is 2.42. The highest BCUT2D eigenvalue weighted by Crippen LogP contribution is 2.29. The molecular formula is C17H19N3O2. The summed E-state index contributed by atoms with van der Waals surface area (Å²) >= 11 is 0. The molecule has 0 radical (unpaired) electrons. The zero-order valence-corrected chi connectivity index (χ0v) is 12.5. The van der Waals surface area contributed by atoms with Crippen molar-refractivity contribution in [1.29, 1.82) is 0 Å². The molecule has 22 heavy (non-hydrogen) atoms. The second-order valence-electron chi connectivity index (χ2n) is 5.13. The van der Waals surface area contributed by atoms with E-state index in [1.165, 1.54) is 5.56 Å². The number of rotatable bonds is 5. The lowest BCUT2D eigenvalue weighted by atomic mass is 10.1. The maximum Gasteiger partial charge on any atom is 0.207 e. The molecule has 0 aliphatic carbocycles. The number of ether oxygens (including phenoxy) is 1. The van der Waals surface area contributed by atoms with Gasteiger partial charge in [-0.1, -0.05) is 18.2 Å². The Morgan fingerprint density at radius 2 is 2.09 bits per heavy atom. The van der Waals surface area contributed by atoms with Crippen LogP contribution in [0.1, 0.15) is 17.2 Å². The van der Waals surface area contributed by atoms with Gasteiger partial charge in [-0.2, -0.15) is 0 Å². The molecule has 1 aromatic heterocycles. The lowest BCUT2D eigenvalue weighted by Crippen LogP contribution is -2.26. The van der Waals surface area contributed by atoms with Gasteiger partial charge in [0.2, 0.25) is 5.88 Å². The number of hydrogen-bond donors (Lipinski definition) is 1. The van der Waals surface area contributed by atoms with Crippen LogP contribution in [-0.2, 0) is 11.3 Å². The number of methoxy groups -OCH3 is 1. The molecule has 2 N–H and O–H groups in total. The van der Waals surface area contributed by atoms with Crippen LogP contribution in [0, 0.1) is 0 Å². The van der Waals surface area contributed by atoms with Crippen LogP contribution in [0.2, 0.25) is 0 Å². The zero-order valence-electron chi connectivity index (χ0n) is 12.5. The molecular weight excluding hydrogens is 278 g/mol. The van der Waals surface area contributed by atoms with Crippen LogP contribution in [0.15, 0.2) is 60.8 Å². The van der Waals surface area contributed by atoms with Crippen molar-refractivity contribution in [2.24, 2.45) is 5.73 Å². The van der Waals surface area contributed by atoms with Crippen LogP contribution in [0.4, 0.5) is 0 Å². The van der Waals surface area contributed by atoms with Crippen molar-refractivity contribution < 1.29 is 9.57 Å². The molecule has 2 heterocycles. The van der Waals surface area contributed by atoms with Crippen molar-refractivity contribution in [2.45, 2.75) is 12.5 Å². The van der Waals surface area contributed by atoms with Crippen LogP contribution >= 0.6 is 0 Å². The van der Waals surface area contributed by atoms with Gasteiger partial charge in [-0.3, -0.25) is 4.98 Å². The fourth-order valence-electron chi connectivity index (χ4n) is 2.49. The van der Waals surface area contributed by atoms with Gasteiger partial charge < -0.3 is 15.3 Å². The Morgan fingerprint density at radius 3 is 2.77 bits per heavy atom. The Labute approximate surface area is 129 Å². The second-order valence-corrected chi connectivity index (χ2v) is 5.13. The predicted molar refractivity (Wildman–Crippen MR) is 83.7 cm³/mol. The third-order valence-electron chi connectivity index (χ3n) is 3.66. The van der Waals surface area contributed by atoms with E-state index in [-0.39, 0.29) is 6.04 Å². The van der Waals surface area contributed by atoms with Crippen molar-refractivity contribution in [3.05, 3.63) is 71.9 Å². The van der Waals surface area contributed by atoms with E-state index in [0.717, 1.165) is 24.3 Å². The molecule has 3 rings (SSSR count). The minimum Gasteiger partial charge on any atom is -0.497 e. The summed E-state index contributed by atoms with van der Waals surface area (Å²) in [6.07, 6.45) is 6.37. The Kier molecular flexibility index (Phi) is 4.25. The summed E-state index contributed by atoms with van der Waals surface area (Å²) < 4.78 is 5.17. The first-order chi connectivity index (χ1) is 10.8. The third kappa shape index (κ3) is 3.20. The van der Waals surface area contributed by atoms with Crippen molar-refractivity contribution in [3.63, 3.8) is 0 Å². The molecule has 0 spiro atoms. The number of pyridine rings is 1. The molecule has 1 aliphatic rings. The summed E-state index contributed by atoms with van der Waals surface area (Å²) in [5.74, 6) is 1.30. The molecule has 5 heteroatoms. The van der Waals surface area contributed by atoms with Gasteiger partial charge in [0.05, 0.1) is 13.2 Å². The van der Waals surface area contributed by atoms with Gasteiger partial charge in [-0.05, 0) is 35.7 Å². The highest BCUT2D eigenvalue weighted by molar-refractivity contribution is 5.27. The van der Waals surface area contributed by atoms with E-state index in [9.17, 15) is 0 Å². The van der Waals surface area contributed by atoms with Crippen molar-refractivity contribution in [3.8, 4) is 5.75 Å². The van der Waals surface area contributed by atoms with Gasteiger partial charge in [-0.15, -0.1) is 5.06 Å². The molecule has 5 nitrogen and oxygen atoms in total. The van der Waals surface area contributed by atoms with E-state index in [2.05, 4.69) is 17.1 Å². The Balaban J connectivity index is 1.66. The van der Waals surface area contributed by atoms with Gasteiger partial charge in [-0.25, -0.2) is 0 Å². The molecule has 1 unspecified atom stereocenters. The van der Waals surface area contributed by atoms with E-state index in [1.807, 2.05) is 41.6 Å². The lowest BCUT2D eigenvalue weighted by molar-refractivity contribution is -0.118. The fourth-order valence-corrected chi connectivity index (χ4v) is 2.49. The maximum atomic E-state index is 5.82. The van der Waals surface area contributed by atoms with Gasteiger partial charge in [0.1, 0.15) is 5.75 Å². The molecule has 0 saturated heterocycles. The van der Waals surface area contributed by atoms with E-state index in [4.69, 9.17) is 15.3 Å². The summed E-state index contributed by atoms with van der Waals surface area (Å²) in [7, 11) is 1.67. The SMILES string of the molecule is COc1ccc(CCN2OC(N)=CC2c2cccnc2)cc1. The molecule has 0 amide bonds. The van der Waals surface area contributed by atoms with Crippen molar-refractivity contribution in [2.75, 3.05) is 13.7 Å². The molecule has 1 aromatic carbocycles. The molecule has 0 saturated carbocycles. The molecule has 114 valence electrons. The summed E-state index contributed by atoms with van der Waals surface area (Å²) in [4.78, 5) is 9.77. The zero-order chi connectivity index (χ0) is 15.4. The molecule has 2 aromatic rings. The van der Waals surface area contributed by atoms with Crippen LogP contribution in [-0.4, -0.2) is 23.7 Å². The Hall–Kier alpha value is -2.53. The van der Waals surface area contributed by atoms with E-state index in [1.54, 1.807) is 13.3 Å². The second kappa shape index (κ2) is 6.49. The summed E-state index contributed by atoms with van der Waals surface area (Å²) in [6, 6.07) is 12.0. The normalized spacial score (nSPS) is 17.9. The number of benzene rings is 1. The largest absolute Gasteiger partial charge is 0.497 e. The summed E-state index contributed by atoms with van der Waals surface area (Å²) in [6.45, 7) is 0.739. The Bertz CT molecular complexity index is 641. The Morgan fingerprint density at radius 1 is 1.27 bits per heavy atom. The van der Waals surface area contributed by atoms with Crippen LogP contribution in [0.25, 0.3) is 0 Å². The summed E-state index contributed by atoms with van der Waals surface area (Å²) in [5.41, 5.74) is 8.11. The summed E-state index contributed by atoms with van der Waals surface area (Å²) in [5, 5.41) is 1.89. The molecule has 0 bridgehead atoms. The van der Waals surface area contributed by atoms with Crippen LogP contribution in [0.3, 0.4) is 0 Å². The van der Waals surface area contributed by atoms with Gasteiger partial charge in [0.25, 0.3) is 0 Å². The highest BCUT2D eigenvalue weighted by Gasteiger charge is 2.27. The number of hydrogen-bond acceptors (Lipinski definition) is 5. The topological polar surface area (TPSA) is 60.6 Å². The number of hydroxylamine groups is 2. The number of aromatic nitrogens is 1. The van der Waals surface area contributed by atoms with Gasteiger partial charge in [0.15, 0.2) is 0 Å². The van der Waals surface area contributed by atoms with Gasteiger partial charge in [0, 0.05) is 25.0 Å². The maximum absolute atomic E-state index is 5.82. The quantitative estimate of drug-likeness (QED) is 0.918. The van der Waals surface area contributed by atoms with Crippen LogP contribution in [0.5, 0.6) is 5.75 Å². The van der Waals surface area contributed by atoms with Crippen molar-refractivity contribution >= 4 is 0 Å². The van der Waals surface area contributed by atoms with Gasteiger partial charge >= 0.3 is 0 Å². The number of nitrogens with two attached hydrogens (primary N) is 1. The molecule has 1 aliphatic heterocycles. The van der Waals surface area contributed by atoms with E-state index < -0.39 is 0 Å². The lowest BCUT2D eigenvalue weighted by Gasteiger charge is -2.22. The third-order valence-corrected chi connectivity index (χ3v) is 3.66. The first-order valence-electron chi connectivity index (χ1n) is 7.21. The minimum absolute atomic E-state index is 0.00643. The monoisotopic (exact) mass is 297 g/mol. The first-order valence-corrected chi connectivity index (χ1v) is 7.21. The average Bonchev–Trinajstić information content (AvgIpc) is 2.95. The molecule has 1 atom stereocenters. The molecule has 0 fully saturated rings. The van der Waals surface area contributed by atoms with E-state index in [0.29, 0.717) is 5.88 Å². The first kappa shape index (κ1) is 14.4. The van der Waals surface area contributed by atoms with E-state index >= 15 is 0 Å². The van der Waals surface area contributed by atoms with Crippen LogP contribution < -0.4 is 10.5 Å². The standard InChI is InChI=1S/C17H19N3O2/c1-21-15-6-4-13(5-7-15)8-10-20-16(11-17(18)22-20)14-3-2-9-19-12-14/h2-7,9,11-12,16H,8,10,18H2,1H3. The highest BCUT2D eigenvalue weighted by atomic mass is 16.7. The average molecular weight is 297 g/mol. The minimum atomic E-state index is 0.00643. The fraction of sp³-hybridized carbons (Fsp3) is 0.235.